The highest BCUT2D eigenvalue weighted by Gasteiger charge is 2.37. The Morgan fingerprint density at radius 3 is 2.63 bits per heavy atom. The third kappa shape index (κ3) is 4.58. The zero-order valence-electron chi connectivity index (χ0n) is 23.4. The highest BCUT2D eigenvalue weighted by atomic mass is 32.1. The lowest BCUT2D eigenvalue weighted by molar-refractivity contribution is -0.138. The van der Waals surface area contributed by atoms with E-state index in [1.165, 1.54) is 11.3 Å². The molecule has 0 fully saturated rings. The number of hydrogen-bond donors (Lipinski definition) is 0. The quantitative estimate of drug-likeness (QED) is 0.264. The van der Waals surface area contributed by atoms with E-state index in [1.807, 2.05) is 84.9 Å². The summed E-state index contributed by atoms with van der Waals surface area (Å²) >= 11 is 1.26. The summed E-state index contributed by atoms with van der Waals surface area (Å²) in [4.78, 5) is 33.7. The largest absolute Gasteiger partial charge is 0.496 e. The van der Waals surface area contributed by atoms with Gasteiger partial charge in [0.2, 0.25) is 6.79 Å². The van der Waals surface area contributed by atoms with Gasteiger partial charge in [0.15, 0.2) is 16.3 Å². The number of fused-ring (bicyclic) bond motifs is 3. The minimum absolute atomic E-state index is 0.159. The lowest BCUT2D eigenvalue weighted by Gasteiger charge is -2.28. The second-order valence-electron chi connectivity index (χ2n) is 9.95. The van der Waals surface area contributed by atoms with E-state index in [-0.39, 0.29) is 24.5 Å². The Labute approximate surface area is 250 Å². The minimum Gasteiger partial charge on any atom is -0.496 e. The van der Waals surface area contributed by atoms with Crippen molar-refractivity contribution in [3.8, 4) is 17.2 Å². The number of esters is 1. The van der Waals surface area contributed by atoms with E-state index in [2.05, 4.69) is 0 Å². The van der Waals surface area contributed by atoms with Gasteiger partial charge in [-0.1, -0.05) is 78.1 Å². The van der Waals surface area contributed by atoms with Gasteiger partial charge in [-0.25, -0.2) is 9.79 Å². The van der Waals surface area contributed by atoms with Gasteiger partial charge < -0.3 is 18.9 Å². The smallest absolute Gasteiger partial charge is 0.338 e. The van der Waals surface area contributed by atoms with Gasteiger partial charge >= 0.3 is 5.97 Å². The average molecular weight is 591 g/mol. The van der Waals surface area contributed by atoms with Crippen molar-refractivity contribution >= 4 is 39.9 Å². The van der Waals surface area contributed by atoms with E-state index in [0.29, 0.717) is 37.8 Å². The van der Waals surface area contributed by atoms with Gasteiger partial charge in [-0.15, -0.1) is 0 Å². The van der Waals surface area contributed by atoms with Crippen molar-refractivity contribution in [3.05, 3.63) is 127 Å². The summed E-state index contributed by atoms with van der Waals surface area (Å²) in [5, 5.41) is 1.80. The molecule has 0 saturated carbocycles. The molecule has 0 saturated heterocycles. The fourth-order valence-electron chi connectivity index (χ4n) is 5.60. The second kappa shape index (κ2) is 10.9. The van der Waals surface area contributed by atoms with Gasteiger partial charge in [-0.2, -0.15) is 0 Å². The van der Waals surface area contributed by atoms with Crippen LogP contribution in [0.25, 0.3) is 22.5 Å². The minimum atomic E-state index is -0.870. The molecule has 9 heteroatoms. The fourth-order valence-corrected chi connectivity index (χ4v) is 6.60. The predicted molar refractivity (Wildman–Crippen MR) is 164 cm³/mol. The number of hydrogen-bond acceptors (Lipinski definition) is 8. The zero-order valence-corrected chi connectivity index (χ0v) is 24.2. The van der Waals surface area contributed by atoms with Crippen molar-refractivity contribution in [1.29, 1.82) is 0 Å². The first-order valence-corrected chi connectivity index (χ1v) is 14.6. The molecule has 4 aromatic carbocycles. The van der Waals surface area contributed by atoms with Crippen LogP contribution in [-0.2, 0) is 9.53 Å². The Kier molecular flexibility index (Phi) is 6.79. The molecule has 2 aliphatic rings. The molecule has 43 heavy (non-hydrogen) atoms. The maximum Gasteiger partial charge on any atom is 0.338 e. The molecule has 0 N–H and O–H groups in total. The molecule has 2 aliphatic heterocycles. The van der Waals surface area contributed by atoms with Crippen LogP contribution in [0, 0.1) is 0 Å². The number of thiazole rings is 1. The van der Waals surface area contributed by atoms with E-state index in [4.69, 9.17) is 23.9 Å². The van der Waals surface area contributed by atoms with Gasteiger partial charge in [-0.3, -0.25) is 9.36 Å². The van der Waals surface area contributed by atoms with Crippen molar-refractivity contribution in [2.75, 3.05) is 20.5 Å². The summed E-state index contributed by atoms with van der Waals surface area (Å²) in [6.45, 7) is 2.08. The topological polar surface area (TPSA) is 88.4 Å². The van der Waals surface area contributed by atoms with Crippen LogP contribution in [0.1, 0.15) is 29.7 Å². The van der Waals surface area contributed by atoms with E-state index in [0.717, 1.165) is 21.9 Å². The van der Waals surface area contributed by atoms with E-state index < -0.39 is 12.0 Å². The number of carbonyl (C=O) groups excluding carboxylic acids is 1. The Morgan fingerprint density at radius 1 is 1.02 bits per heavy atom. The van der Waals surface area contributed by atoms with Crippen molar-refractivity contribution in [3.63, 3.8) is 0 Å². The third-order valence-electron chi connectivity index (χ3n) is 7.49. The Hall–Kier alpha value is -5.15. The predicted octanol–water partition coefficient (Wildman–Crippen LogP) is 4.83. The summed E-state index contributed by atoms with van der Waals surface area (Å²) in [5.74, 6) is 1.28. The van der Waals surface area contributed by atoms with E-state index in [1.54, 1.807) is 24.7 Å². The molecular formula is C34H26N2O6S. The molecular weight excluding hydrogens is 564 g/mol. The van der Waals surface area contributed by atoms with Crippen LogP contribution in [0.3, 0.4) is 0 Å². The number of rotatable bonds is 6. The van der Waals surface area contributed by atoms with Crippen LogP contribution in [0.2, 0.25) is 0 Å². The normalized spacial score (nSPS) is 15.8. The van der Waals surface area contributed by atoms with Gasteiger partial charge in [-0.05, 0) is 47.5 Å². The number of methoxy groups -OCH3 is 1. The van der Waals surface area contributed by atoms with Crippen molar-refractivity contribution < 1.29 is 23.7 Å². The molecule has 0 radical (unpaired) electrons. The monoisotopic (exact) mass is 590 g/mol. The van der Waals surface area contributed by atoms with Gasteiger partial charge in [0.25, 0.3) is 5.56 Å². The summed E-state index contributed by atoms with van der Waals surface area (Å²) < 4.78 is 24.5. The first-order valence-electron chi connectivity index (χ1n) is 13.8. The molecule has 214 valence electrons. The summed E-state index contributed by atoms with van der Waals surface area (Å²) in [7, 11) is 1.59. The first kappa shape index (κ1) is 26.7. The number of carbonyl (C=O) groups is 1. The third-order valence-corrected chi connectivity index (χ3v) is 8.48. The Morgan fingerprint density at radius 2 is 1.81 bits per heavy atom. The fraction of sp³-hybridized carbons (Fsp3) is 0.147. The van der Waals surface area contributed by atoms with Crippen LogP contribution < -0.4 is 29.1 Å². The molecule has 0 spiro atoms. The second-order valence-corrected chi connectivity index (χ2v) is 11.0. The number of ether oxygens (including phenoxy) is 4. The molecule has 1 aromatic heterocycles. The van der Waals surface area contributed by atoms with Crippen LogP contribution in [0.4, 0.5) is 0 Å². The van der Waals surface area contributed by atoms with Crippen molar-refractivity contribution in [2.24, 2.45) is 4.99 Å². The maximum atomic E-state index is 14.4. The lowest BCUT2D eigenvalue weighted by Crippen LogP contribution is -2.40. The first-order chi connectivity index (χ1) is 21.1. The summed E-state index contributed by atoms with van der Waals surface area (Å²) in [6, 6.07) is 25.8. The number of nitrogens with zero attached hydrogens (tertiary/aromatic N) is 2. The Balaban J connectivity index is 1.57. The SMILES string of the molecule is CCOC(=O)C1=C(c2ccccc2)N=c2s/c(=C/c3ccc4c(c3)OCO4)c(=O)n2C1c1c(OC)ccc2ccccc12. The van der Waals surface area contributed by atoms with E-state index in [9.17, 15) is 9.59 Å². The van der Waals surface area contributed by atoms with Gasteiger partial charge in [0.1, 0.15) is 11.8 Å². The lowest BCUT2D eigenvalue weighted by atomic mass is 9.89. The van der Waals surface area contributed by atoms with Crippen molar-refractivity contribution in [1.82, 2.24) is 4.57 Å². The molecule has 3 heterocycles. The standard InChI is InChI=1S/C34H26N2O6S/c1-3-40-33(38)29-30(22-10-5-4-6-11-22)35-34-36(31(29)28-23-12-8-7-9-21(23)14-16-25(28)39-2)32(37)27(43-34)18-20-13-15-24-26(17-20)42-19-41-24/h4-18,31H,3,19H2,1-2H3/b27-18+. The zero-order chi connectivity index (χ0) is 29.5. The van der Waals surface area contributed by atoms with E-state index >= 15 is 0 Å². The van der Waals surface area contributed by atoms with Crippen LogP contribution in [0.5, 0.6) is 17.2 Å². The summed E-state index contributed by atoms with van der Waals surface area (Å²) in [6.07, 6.45) is 1.80. The molecule has 7 rings (SSSR count). The van der Waals surface area contributed by atoms with Crippen LogP contribution >= 0.6 is 11.3 Å². The molecule has 0 aliphatic carbocycles. The van der Waals surface area contributed by atoms with Crippen molar-refractivity contribution in [2.45, 2.75) is 13.0 Å². The average Bonchev–Trinajstić information content (AvgIpc) is 3.63. The molecule has 0 bridgehead atoms. The molecule has 1 atom stereocenters. The highest BCUT2D eigenvalue weighted by Crippen LogP contribution is 2.42. The van der Waals surface area contributed by atoms with Gasteiger partial charge in [0, 0.05) is 11.1 Å². The molecule has 5 aromatic rings. The molecule has 1 unspecified atom stereocenters. The number of aromatic nitrogens is 1. The maximum absolute atomic E-state index is 14.4. The van der Waals surface area contributed by atoms with Crippen LogP contribution in [0.15, 0.2) is 100 Å². The highest BCUT2D eigenvalue weighted by molar-refractivity contribution is 7.07. The molecule has 0 amide bonds. The number of benzene rings is 4. The van der Waals surface area contributed by atoms with Crippen LogP contribution in [-0.4, -0.2) is 31.0 Å². The summed E-state index contributed by atoms with van der Waals surface area (Å²) in [5.41, 5.74) is 2.64. The molecule has 8 nitrogen and oxygen atoms in total. The Bertz CT molecular complexity index is 2110. The van der Waals surface area contributed by atoms with Gasteiger partial charge in [0.05, 0.1) is 29.5 Å².